The van der Waals surface area contributed by atoms with Gasteiger partial charge in [-0.05, 0) is 59.8 Å². The highest BCUT2D eigenvalue weighted by Crippen LogP contribution is 2.31. The fraction of sp³-hybridized carbons (Fsp3) is 0.143. The van der Waals surface area contributed by atoms with E-state index in [0.717, 1.165) is 5.75 Å². The van der Waals surface area contributed by atoms with E-state index in [1.54, 1.807) is 31.4 Å². The highest BCUT2D eigenvalue weighted by molar-refractivity contribution is 8.27. The molecule has 192 valence electrons. The molecule has 10 heteroatoms. The van der Waals surface area contributed by atoms with E-state index in [1.165, 1.54) is 16.8 Å². The fourth-order valence-electron chi connectivity index (χ4n) is 3.64. The molecule has 3 aromatic carbocycles. The number of nitrogens with one attached hydrogen (secondary N) is 1. The van der Waals surface area contributed by atoms with Gasteiger partial charge in [0.1, 0.15) is 36.4 Å². The van der Waals surface area contributed by atoms with Crippen molar-refractivity contribution < 1.29 is 23.7 Å². The Morgan fingerprint density at radius 1 is 0.895 bits per heavy atom. The normalized spacial score (nSPS) is 15.6. The summed E-state index contributed by atoms with van der Waals surface area (Å²) in [5.41, 5.74) is 0.778. The van der Waals surface area contributed by atoms with Crippen molar-refractivity contribution >= 4 is 39.8 Å². The van der Waals surface area contributed by atoms with Crippen LogP contribution in [-0.4, -0.2) is 53.9 Å². The fourth-order valence-corrected chi connectivity index (χ4v) is 4.44. The van der Waals surface area contributed by atoms with E-state index in [0.29, 0.717) is 46.2 Å². The number of hydrogen-bond acceptors (Lipinski definition) is 8. The average Bonchev–Trinajstić information content (AvgIpc) is 3.36. The van der Waals surface area contributed by atoms with Gasteiger partial charge in [0.25, 0.3) is 5.91 Å². The zero-order valence-corrected chi connectivity index (χ0v) is 21.3. The summed E-state index contributed by atoms with van der Waals surface area (Å²) < 4.78 is 22.7. The number of benzene rings is 3. The molecule has 0 spiro atoms. The molecule has 0 saturated carbocycles. The van der Waals surface area contributed by atoms with Gasteiger partial charge in [-0.15, -0.1) is 0 Å². The third kappa shape index (κ3) is 5.87. The van der Waals surface area contributed by atoms with Gasteiger partial charge < -0.3 is 18.9 Å². The number of amides is 1. The van der Waals surface area contributed by atoms with Gasteiger partial charge in [-0.1, -0.05) is 42.5 Å². The molecule has 0 aromatic heterocycles. The first kappa shape index (κ1) is 25.1. The first-order valence-electron chi connectivity index (χ1n) is 11.8. The molecule has 0 unspecified atom stereocenters. The van der Waals surface area contributed by atoms with Crippen molar-refractivity contribution in [2.24, 2.45) is 10.1 Å². The molecule has 0 radical (unpaired) electrons. The highest BCUT2D eigenvalue weighted by Gasteiger charge is 2.35. The van der Waals surface area contributed by atoms with Gasteiger partial charge in [0.2, 0.25) is 5.17 Å². The number of rotatable bonds is 10. The second-order valence-electron chi connectivity index (χ2n) is 8.04. The molecule has 0 saturated heterocycles. The first-order valence-corrected chi connectivity index (χ1v) is 12.6. The molecule has 0 aliphatic carbocycles. The Balaban J connectivity index is 1.24. The lowest BCUT2D eigenvalue weighted by molar-refractivity contribution is -0.114. The molecular weight excluding hydrogens is 504 g/mol. The number of fused-ring (bicyclic) bond motifs is 1. The van der Waals surface area contributed by atoms with Crippen LogP contribution in [0.15, 0.2) is 94.5 Å². The lowest BCUT2D eigenvalue weighted by atomic mass is 10.1. The van der Waals surface area contributed by atoms with Gasteiger partial charge in [0, 0.05) is 0 Å². The van der Waals surface area contributed by atoms with E-state index in [1.807, 2.05) is 60.7 Å². The first-order chi connectivity index (χ1) is 18.6. The van der Waals surface area contributed by atoms with E-state index in [4.69, 9.17) is 24.4 Å². The summed E-state index contributed by atoms with van der Waals surface area (Å²) in [6, 6.07) is 24.1. The number of carbonyl (C=O) groups excluding carboxylic acids is 1. The predicted molar refractivity (Wildman–Crippen MR) is 147 cm³/mol. The molecule has 38 heavy (non-hydrogen) atoms. The summed E-state index contributed by atoms with van der Waals surface area (Å²) in [5, 5.41) is 15.3. The molecule has 5 rings (SSSR count). The lowest BCUT2D eigenvalue weighted by Gasteiger charge is -2.20. The van der Waals surface area contributed by atoms with E-state index >= 15 is 0 Å². The lowest BCUT2D eigenvalue weighted by Crippen LogP contribution is -2.35. The standard InChI is InChI=1S/C28H24N4O5S/c1-34-24-17-19(12-13-23(24)36-15-14-35-20-8-4-2-5-9-20)16-22-26(29)32-28(30-27(22)33)38-25(31-32)18-37-21-10-6-3-7-11-21/h2-13,16-17,29H,14-15,18H2,1H3/b22-16-,29-26?. The Kier molecular flexibility index (Phi) is 7.70. The van der Waals surface area contributed by atoms with E-state index in [2.05, 4.69) is 10.1 Å². The van der Waals surface area contributed by atoms with Crippen LogP contribution in [0.1, 0.15) is 5.56 Å². The summed E-state index contributed by atoms with van der Waals surface area (Å²) in [6.45, 7) is 0.907. The van der Waals surface area contributed by atoms with Crippen LogP contribution in [0.2, 0.25) is 0 Å². The van der Waals surface area contributed by atoms with Crippen LogP contribution >= 0.6 is 11.8 Å². The van der Waals surface area contributed by atoms with Crippen molar-refractivity contribution in [1.29, 1.82) is 5.41 Å². The number of ether oxygens (including phenoxy) is 4. The van der Waals surface area contributed by atoms with Crippen molar-refractivity contribution in [3.05, 3.63) is 90.0 Å². The van der Waals surface area contributed by atoms with Crippen molar-refractivity contribution in [2.45, 2.75) is 0 Å². The minimum Gasteiger partial charge on any atom is -0.493 e. The van der Waals surface area contributed by atoms with Crippen LogP contribution in [0.25, 0.3) is 6.08 Å². The number of carbonyl (C=O) groups is 1. The predicted octanol–water partition coefficient (Wildman–Crippen LogP) is 4.85. The van der Waals surface area contributed by atoms with Crippen molar-refractivity contribution in [3.8, 4) is 23.0 Å². The van der Waals surface area contributed by atoms with Gasteiger partial charge in [-0.3, -0.25) is 10.2 Å². The molecule has 1 N–H and O–H groups in total. The van der Waals surface area contributed by atoms with Crippen LogP contribution in [0.5, 0.6) is 23.0 Å². The number of aliphatic imine (C=N–C) groups is 1. The maximum atomic E-state index is 12.8. The van der Waals surface area contributed by atoms with Crippen LogP contribution in [0, 0.1) is 5.41 Å². The van der Waals surface area contributed by atoms with E-state index in [-0.39, 0.29) is 18.0 Å². The smallest absolute Gasteiger partial charge is 0.283 e. The summed E-state index contributed by atoms with van der Waals surface area (Å²) >= 11 is 1.21. The minimum atomic E-state index is -0.508. The molecule has 2 aliphatic rings. The topological polar surface area (TPSA) is 106 Å². The molecule has 3 aromatic rings. The SMILES string of the molecule is COc1cc(/C=C2/C(=N)N3N=C(COc4ccccc4)SC3=NC2=O)ccc1OCCOc1ccccc1. The molecule has 0 bridgehead atoms. The Labute approximate surface area is 223 Å². The Bertz CT molecular complexity index is 1420. The second kappa shape index (κ2) is 11.7. The van der Waals surface area contributed by atoms with E-state index < -0.39 is 5.91 Å². The number of nitrogens with zero attached hydrogens (tertiary/aromatic N) is 3. The van der Waals surface area contributed by atoms with Crippen molar-refractivity contribution in [3.63, 3.8) is 0 Å². The van der Waals surface area contributed by atoms with Crippen molar-refractivity contribution in [1.82, 2.24) is 5.01 Å². The Morgan fingerprint density at radius 3 is 2.29 bits per heavy atom. The third-order valence-corrected chi connectivity index (χ3v) is 6.34. The Morgan fingerprint density at radius 2 is 1.58 bits per heavy atom. The molecule has 2 heterocycles. The van der Waals surface area contributed by atoms with Gasteiger partial charge in [-0.2, -0.15) is 15.1 Å². The summed E-state index contributed by atoms with van der Waals surface area (Å²) in [4.78, 5) is 16.9. The number of methoxy groups -OCH3 is 1. The highest BCUT2D eigenvalue weighted by atomic mass is 32.2. The molecule has 1 amide bonds. The molecular formula is C28H24N4O5S. The number of hydrogen-bond donors (Lipinski definition) is 1. The van der Waals surface area contributed by atoms with E-state index in [9.17, 15) is 4.79 Å². The van der Waals surface area contributed by atoms with Gasteiger partial charge in [-0.25, -0.2) is 0 Å². The second-order valence-corrected chi connectivity index (χ2v) is 9.08. The summed E-state index contributed by atoms with van der Waals surface area (Å²) in [6.07, 6.45) is 1.59. The van der Waals surface area contributed by atoms with Crippen molar-refractivity contribution in [2.75, 3.05) is 26.9 Å². The molecule has 0 fully saturated rings. The largest absolute Gasteiger partial charge is 0.493 e. The van der Waals surface area contributed by atoms with Gasteiger partial charge in [0.05, 0.1) is 12.7 Å². The zero-order valence-electron chi connectivity index (χ0n) is 20.5. The number of para-hydroxylation sites is 2. The summed E-state index contributed by atoms with van der Waals surface area (Å²) in [7, 11) is 1.54. The maximum absolute atomic E-state index is 12.8. The Hall–Kier alpha value is -4.57. The monoisotopic (exact) mass is 528 g/mol. The van der Waals surface area contributed by atoms with Crippen LogP contribution in [0.3, 0.4) is 0 Å². The van der Waals surface area contributed by atoms with Crippen LogP contribution in [-0.2, 0) is 4.79 Å². The van der Waals surface area contributed by atoms with Gasteiger partial charge in [0.15, 0.2) is 17.3 Å². The quantitative estimate of drug-likeness (QED) is 0.296. The zero-order chi connectivity index (χ0) is 26.3. The molecule has 0 atom stereocenters. The number of thioether (sulfide) groups is 1. The van der Waals surface area contributed by atoms with Crippen LogP contribution in [0.4, 0.5) is 0 Å². The molecule has 9 nitrogen and oxygen atoms in total. The minimum absolute atomic E-state index is 0.0560. The maximum Gasteiger partial charge on any atom is 0.283 e. The van der Waals surface area contributed by atoms with Gasteiger partial charge >= 0.3 is 0 Å². The molecule has 2 aliphatic heterocycles. The number of amidine groups is 2. The third-order valence-electron chi connectivity index (χ3n) is 5.45. The number of hydrazone groups is 1. The average molecular weight is 529 g/mol. The summed E-state index contributed by atoms with van der Waals surface area (Å²) in [5.74, 6) is 1.95. The van der Waals surface area contributed by atoms with Crippen LogP contribution < -0.4 is 18.9 Å².